The van der Waals surface area contributed by atoms with E-state index in [4.69, 9.17) is 15.2 Å². The van der Waals surface area contributed by atoms with Crippen molar-refractivity contribution in [2.45, 2.75) is 139 Å². The smallest absolute Gasteiger partial charge is 0.200 e. The number of aryl methyl sites for hydroxylation is 1. The number of aliphatic hydroxyl groups is 1. The Hall–Kier alpha value is -6.63. The van der Waals surface area contributed by atoms with E-state index < -0.39 is 29.3 Å². The minimum Gasteiger partial charge on any atom is -0.508 e. The molecule has 9 aliphatic rings. The molecule has 0 radical (unpaired) electrons. The first-order valence-electron chi connectivity index (χ1n) is 29.4. The molecule has 9 aliphatic carbocycles. The number of hydrogen-bond donors (Lipinski definition) is 9. The summed E-state index contributed by atoms with van der Waals surface area (Å²) in [7, 11) is 0. The highest BCUT2D eigenvalue weighted by Crippen LogP contribution is 2.81. The van der Waals surface area contributed by atoms with Crippen LogP contribution >= 0.6 is 0 Å². The number of aromatic hydroxyl groups is 6. The lowest BCUT2D eigenvalue weighted by atomic mass is 9.47. The van der Waals surface area contributed by atoms with Crippen molar-refractivity contribution in [3.05, 3.63) is 142 Å². The van der Waals surface area contributed by atoms with Crippen LogP contribution in [0.15, 0.2) is 103 Å². The molecule has 14 atom stereocenters. The monoisotopic (exact) mass is 1070 g/mol. The van der Waals surface area contributed by atoms with Gasteiger partial charge in [-0.1, -0.05) is 61.4 Å². The number of phenolic OH excluding ortho intramolecular Hbond substituents is 6. The third-order valence-corrected chi connectivity index (χ3v) is 22.6. The molecule has 412 valence electrons. The first-order chi connectivity index (χ1) is 38.3. The van der Waals surface area contributed by atoms with Crippen LogP contribution < -0.4 is 15.2 Å². The van der Waals surface area contributed by atoms with Crippen molar-refractivity contribution in [2.75, 3.05) is 6.73 Å². The largest absolute Gasteiger partial charge is 0.508 e. The van der Waals surface area contributed by atoms with Crippen molar-refractivity contribution < 1.29 is 50.0 Å². The second-order valence-corrected chi connectivity index (χ2v) is 25.8. The van der Waals surface area contributed by atoms with Crippen molar-refractivity contribution in [3.8, 4) is 57.3 Å². The fourth-order valence-electron chi connectivity index (χ4n) is 19.9. The zero-order valence-corrected chi connectivity index (χ0v) is 44.8. The molecular formula is C67H74N2O10. The summed E-state index contributed by atoms with van der Waals surface area (Å²) in [6.45, 7) is -0.0979. The summed E-state index contributed by atoms with van der Waals surface area (Å²) in [4.78, 5) is 19.2. The number of H-pyrrole nitrogens is 1. The Balaban J connectivity index is 0.968. The SMILES string of the molecule is NCOc1cc(CCC(=O)C2CC(Cc3ccc(O)cc3O)C3CC4CC(C56CC7CCCC8CCCC89CCC7(C9)C5c5cc[nH]c5-c5ccccc56)C(c5cc(O)c(O)c(OCc6cccc(O)c6)c54)C3C2O)ccc1O. The third kappa shape index (κ3) is 7.76. The van der Waals surface area contributed by atoms with Gasteiger partial charge < -0.3 is 50.2 Å². The number of carbonyl (C=O) groups excluding carboxylic acids is 1. The zero-order valence-electron chi connectivity index (χ0n) is 44.8. The number of rotatable bonds is 12. The molecule has 0 amide bonds. The molecule has 1 heterocycles. The van der Waals surface area contributed by atoms with Crippen molar-refractivity contribution in [1.82, 2.24) is 4.98 Å². The second-order valence-electron chi connectivity index (χ2n) is 25.8. The Labute approximate surface area is 461 Å². The van der Waals surface area contributed by atoms with Crippen molar-refractivity contribution in [3.63, 3.8) is 0 Å². The Kier molecular flexibility index (Phi) is 12.2. The van der Waals surface area contributed by atoms with Crippen LogP contribution in [0.1, 0.15) is 147 Å². The van der Waals surface area contributed by atoms with E-state index in [0.717, 1.165) is 35.4 Å². The number of aromatic nitrogens is 1. The van der Waals surface area contributed by atoms with Crippen LogP contribution in [0.25, 0.3) is 11.3 Å². The lowest BCUT2D eigenvalue weighted by Crippen LogP contribution is -2.53. The lowest BCUT2D eigenvalue weighted by Gasteiger charge is -2.56. The molecule has 12 nitrogen and oxygen atoms in total. The quantitative estimate of drug-likeness (QED) is 0.0415. The fourth-order valence-corrected chi connectivity index (χ4v) is 19.9. The first kappa shape index (κ1) is 50.6. The highest BCUT2D eigenvalue weighted by molar-refractivity contribution is 5.82. The average molecular weight is 1070 g/mol. The van der Waals surface area contributed by atoms with E-state index in [0.29, 0.717) is 48.1 Å². The summed E-state index contributed by atoms with van der Waals surface area (Å²) in [5.41, 5.74) is 14.7. The molecule has 5 aromatic carbocycles. The van der Waals surface area contributed by atoms with Gasteiger partial charge in [0, 0.05) is 52.8 Å². The van der Waals surface area contributed by atoms with Gasteiger partial charge in [-0.2, -0.15) is 0 Å². The van der Waals surface area contributed by atoms with Crippen LogP contribution in [0.4, 0.5) is 0 Å². The molecule has 6 fully saturated rings. The normalized spacial score (nSPS) is 33.4. The van der Waals surface area contributed by atoms with E-state index in [1.807, 2.05) is 6.07 Å². The van der Waals surface area contributed by atoms with E-state index in [1.165, 1.54) is 86.2 Å². The molecule has 10 N–H and O–H groups in total. The second kappa shape index (κ2) is 19.0. The molecule has 15 rings (SSSR count). The molecule has 0 saturated heterocycles. The number of fused-ring (bicyclic) bond motifs is 8. The van der Waals surface area contributed by atoms with E-state index in [2.05, 4.69) is 41.5 Å². The van der Waals surface area contributed by atoms with Crippen molar-refractivity contribution in [1.29, 1.82) is 0 Å². The maximum Gasteiger partial charge on any atom is 0.200 e. The fraction of sp³-hybridized carbons (Fsp3) is 0.478. The summed E-state index contributed by atoms with van der Waals surface area (Å²) < 4.78 is 12.3. The van der Waals surface area contributed by atoms with Gasteiger partial charge in [0.25, 0.3) is 0 Å². The van der Waals surface area contributed by atoms with Crippen LogP contribution in [0.5, 0.6) is 46.0 Å². The first-order valence-corrected chi connectivity index (χ1v) is 29.4. The molecule has 1 aromatic heterocycles. The van der Waals surface area contributed by atoms with Crippen LogP contribution in [0.3, 0.4) is 0 Å². The Morgan fingerprint density at radius 1 is 0.747 bits per heavy atom. The minimum absolute atomic E-state index is 0.0232. The summed E-state index contributed by atoms with van der Waals surface area (Å²) in [6.07, 6.45) is 15.9. The molecule has 12 heteroatoms. The summed E-state index contributed by atoms with van der Waals surface area (Å²) in [5, 5.41) is 81.3. The van der Waals surface area contributed by atoms with Gasteiger partial charge in [-0.25, -0.2) is 0 Å². The summed E-state index contributed by atoms with van der Waals surface area (Å²) >= 11 is 0. The number of ether oxygens (including phenoxy) is 2. The summed E-state index contributed by atoms with van der Waals surface area (Å²) in [6, 6.07) is 29.9. The lowest BCUT2D eigenvalue weighted by molar-refractivity contribution is -0.136. The number of phenols is 6. The molecule has 2 spiro atoms. The number of aromatic amines is 1. The van der Waals surface area contributed by atoms with E-state index in [-0.39, 0.29) is 107 Å². The van der Waals surface area contributed by atoms with E-state index in [9.17, 15) is 35.7 Å². The third-order valence-electron chi connectivity index (χ3n) is 22.6. The van der Waals surface area contributed by atoms with Gasteiger partial charge >= 0.3 is 0 Å². The van der Waals surface area contributed by atoms with Crippen LogP contribution in [0.2, 0.25) is 0 Å². The van der Waals surface area contributed by atoms with Gasteiger partial charge in [-0.15, -0.1) is 0 Å². The summed E-state index contributed by atoms with van der Waals surface area (Å²) in [5.74, 6) is -1.28. The Morgan fingerprint density at radius 3 is 2.43 bits per heavy atom. The van der Waals surface area contributed by atoms with Crippen LogP contribution in [-0.4, -0.2) is 59.3 Å². The molecule has 0 aliphatic heterocycles. The van der Waals surface area contributed by atoms with Crippen LogP contribution in [0, 0.1) is 52.3 Å². The van der Waals surface area contributed by atoms with E-state index >= 15 is 4.79 Å². The number of ketones is 1. The number of aliphatic hydroxyl groups excluding tert-OH is 1. The molecule has 14 unspecified atom stereocenters. The molecule has 79 heavy (non-hydrogen) atoms. The van der Waals surface area contributed by atoms with Crippen molar-refractivity contribution in [2.24, 2.45) is 58.0 Å². The average Bonchev–Trinajstić information content (AvgIpc) is 2.19. The van der Waals surface area contributed by atoms with Gasteiger partial charge in [0.2, 0.25) is 5.75 Å². The van der Waals surface area contributed by atoms with E-state index in [1.54, 1.807) is 54.6 Å². The predicted molar refractivity (Wildman–Crippen MR) is 298 cm³/mol. The topological polar surface area (TPSA) is 219 Å². The van der Waals surface area contributed by atoms with Gasteiger partial charge in [-0.05, 0) is 217 Å². The highest BCUT2D eigenvalue weighted by Gasteiger charge is 2.73. The number of carbonyl (C=O) groups is 1. The number of nitrogens with two attached hydrogens (primary N) is 1. The minimum atomic E-state index is -1.10. The van der Waals surface area contributed by atoms with Gasteiger partial charge in [-0.3, -0.25) is 10.5 Å². The van der Waals surface area contributed by atoms with Gasteiger partial charge in [0.15, 0.2) is 23.0 Å². The molecule has 4 bridgehead atoms. The van der Waals surface area contributed by atoms with Gasteiger partial charge in [0.1, 0.15) is 36.4 Å². The Bertz CT molecular complexity index is 3370. The number of nitrogens with one attached hydrogen (secondary N) is 1. The van der Waals surface area contributed by atoms with Crippen molar-refractivity contribution >= 4 is 5.78 Å². The maximum absolute atomic E-state index is 15.4. The highest BCUT2D eigenvalue weighted by atomic mass is 16.5. The number of hydrogen-bond acceptors (Lipinski definition) is 11. The zero-order chi connectivity index (χ0) is 54.1. The number of benzene rings is 5. The number of Topliss-reactive ketones (excluding diaryl/α,β-unsaturated/α-hetero) is 1. The maximum atomic E-state index is 15.4. The predicted octanol–water partition coefficient (Wildman–Crippen LogP) is 12.2. The van der Waals surface area contributed by atoms with Crippen LogP contribution in [-0.2, 0) is 29.7 Å². The van der Waals surface area contributed by atoms with Gasteiger partial charge in [0.05, 0.1) is 6.10 Å². The molecular weight excluding hydrogens is 993 g/mol. The molecule has 6 aromatic rings. The molecule has 6 saturated carbocycles. The Morgan fingerprint density at radius 2 is 1.58 bits per heavy atom. The standard InChI is InChI=1S/C67H74N2O10/c68-35-79-56-25-36(14-18-53(56)73)13-17-52(72)48-27-39(26-38-15-16-44(71)30-54(38)74)47-28-40-29-51(58(59(47)61(48)76)49-31-55(75)62(77)63(57(40)49)78-33-37-6-3-10-43(70)24-37)67-32-42-8-4-7-41-9-5-20-65(41)21-22-66(42,34-65)64(67)46-19-23-69-60(46)45-11-1-2-12-50(45)67/h1-3,6,10-12,14-16,18-19,23-25,30-31,39-42,47-48,51,58-59,61,64,69-71,73-77H,4-5,7-9,13,17,20-22,26-29,32-35,68H2.